The van der Waals surface area contributed by atoms with Crippen molar-refractivity contribution in [2.24, 2.45) is 0 Å². The molecule has 0 spiro atoms. The molecule has 3 rings (SSSR count). The maximum absolute atomic E-state index is 12.7. The van der Waals surface area contributed by atoms with Crippen molar-refractivity contribution < 1.29 is 23.7 Å². The third-order valence-electron chi connectivity index (χ3n) is 4.52. The summed E-state index contributed by atoms with van der Waals surface area (Å²) >= 11 is 0. The molecule has 0 bridgehead atoms. The lowest BCUT2D eigenvalue weighted by molar-refractivity contribution is 0.104. The predicted molar refractivity (Wildman–Crippen MR) is 110 cm³/mol. The zero-order valence-corrected chi connectivity index (χ0v) is 16.3. The molecule has 0 unspecified atom stereocenters. The predicted octanol–water partition coefficient (Wildman–Crippen LogP) is 4.77. The summed E-state index contributed by atoms with van der Waals surface area (Å²) in [5.41, 5.74) is 1.38. The third kappa shape index (κ3) is 3.64. The minimum absolute atomic E-state index is 0.139. The number of carbonyl (C=O) groups is 1. The number of ether oxygens (including phenoxy) is 4. The summed E-state index contributed by atoms with van der Waals surface area (Å²) in [6.07, 6.45) is 3.32. The molecule has 0 amide bonds. The number of hydrogen-bond acceptors (Lipinski definition) is 5. The molecule has 5 nitrogen and oxygen atoms in total. The number of hydrogen-bond donors (Lipinski definition) is 0. The smallest absolute Gasteiger partial charge is 0.185 e. The fraction of sp³-hybridized carbons (Fsp3) is 0.174. The Bertz CT molecular complexity index is 1040. The van der Waals surface area contributed by atoms with E-state index in [-0.39, 0.29) is 5.78 Å². The molecule has 0 saturated carbocycles. The van der Waals surface area contributed by atoms with Gasteiger partial charge in [-0.15, -0.1) is 0 Å². The Hall–Kier alpha value is -3.47. The van der Waals surface area contributed by atoms with Crippen LogP contribution >= 0.6 is 0 Å². The summed E-state index contributed by atoms with van der Waals surface area (Å²) in [4.78, 5) is 12.7. The van der Waals surface area contributed by atoms with Gasteiger partial charge in [0.15, 0.2) is 17.3 Å². The molecule has 0 aromatic heterocycles. The van der Waals surface area contributed by atoms with Crippen molar-refractivity contribution in [3.8, 4) is 23.0 Å². The monoisotopic (exact) mass is 378 g/mol. The zero-order valence-electron chi connectivity index (χ0n) is 16.3. The lowest BCUT2D eigenvalue weighted by Crippen LogP contribution is -1.97. The van der Waals surface area contributed by atoms with Gasteiger partial charge in [0.05, 0.1) is 28.4 Å². The Morgan fingerprint density at radius 1 is 0.750 bits per heavy atom. The average Bonchev–Trinajstić information content (AvgIpc) is 2.75. The second-order valence-electron chi connectivity index (χ2n) is 6.01. The number of allylic oxidation sites excluding steroid dienone is 1. The Kier molecular flexibility index (Phi) is 5.84. The zero-order chi connectivity index (χ0) is 20.1. The van der Waals surface area contributed by atoms with E-state index in [9.17, 15) is 4.79 Å². The normalized spacial score (nSPS) is 10.9. The minimum atomic E-state index is -0.139. The highest BCUT2D eigenvalue weighted by Gasteiger charge is 2.11. The van der Waals surface area contributed by atoms with Crippen LogP contribution < -0.4 is 18.9 Å². The second kappa shape index (κ2) is 8.48. The van der Waals surface area contributed by atoms with Crippen LogP contribution in [0, 0.1) is 0 Å². The fourth-order valence-electron chi connectivity index (χ4n) is 3.11. The van der Waals surface area contributed by atoms with Gasteiger partial charge in [-0.05, 0) is 42.0 Å². The van der Waals surface area contributed by atoms with Gasteiger partial charge in [-0.1, -0.05) is 24.3 Å². The minimum Gasteiger partial charge on any atom is -0.496 e. The van der Waals surface area contributed by atoms with E-state index >= 15 is 0 Å². The number of benzene rings is 3. The Morgan fingerprint density at radius 2 is 1.43 bits per heavy atom. The number of fused-ring (bicyclic) bond motifs is 1. The SMILES string of the molecule is COc1ccc(C(=O)/C=C\c2ccc(OC)c3cccc(OC)c23)cc1OC. The largest absolute Gasteiger partial charge is 0.496 e. The molecular formula is C23H22O5. The van der Waals surface area contributed by atoms with Crippen LogP contribution in [-0.4, -0.2) is 34.2 Å². The Labute approximate surface area is 164 Å². The molecular weight excluding hydrogens is 356 g/mol. The lowest BCUT2D eigenvalue weighted by atomic mass is 10.0. The first-order valence-electron chi connectivity index (χ1n) is 8.71. The number of ketones is 1. The van der Waals surface area contributed by atoms with E-state index < -0.39 is 0 Å². The van der Waals surface area contributed by atoms with E-state index in [1.807, 2.05) is 30.3 Å². The first kappa shape index (κ1) is 19.3. The number of methoxy groups -OCH3 is 4. The molecule has 0 saturated heterocycles. The van der Waals surface area contributed by atoms with E-state index in [0.717, 1.165) is 27.8 Å². The Balaban J connectivity index is 2.01. The van der Waals surface area contributed by atoms with Gasteiger partial charge in [0.25, 0.3) is 0 Å². The molecule has 0 aliphatic rings. The first-order chi connectivity index (χ1) is 13.6. The standard InChI is InChI=1S/C23H22O5/c1-25-19-12-9-15(23-17(19)6-5-7-21(23)27-3)8-11-18(24)16-10-13-20(26-2)22(14-16)28-4/h5-14H,1-4H3/b11-8-. The third-order valence-corrected chi connectivity index (χ3v) is 4.52. The van der Waals surface area contributed by atoms with E-state index in [1.54, 1.807) is 45.6 Å². The molecule has 3 aromatic rings. The van der Waals surface area contributed by atoms with E-state index in [2.05, 4.69) is 0 Å². The maximum Gasteiger partial charge on any atom is 0.185 e. The van der Waals surface area contributed by atoms with Gasteiger partial charge in [0, 0.05) is 16.3 Å². The van der Waals surface area contributed by atoms with E-state index in [0.29, 0.717) is 17.1 Å². The van der Waals surface area contributed by atoms with Crippen molar-refractivity contribution in [1.82, 2.24) is 0 Å². The van der Waals surface area contributed by atoms with Crippen LogP contribution in [0.4, 0.5) is 0 Å². The second-order valence-corrected chi connectivity index (χ2v) is 6.01. The first-order valence-corrected chi connectivity index (χ1v) is 8.71. The van der Waals surface area contributed by atoms with E-state index in [1.165, 1.54) is 13.2 Å². The number of rotatable bonds is 7. The lowest BCUT2D eigenvalue weighted by Gasteiger charge is -2.12. The molecule has 28 heavy (non-hydrogen) atoms. The molecule has 0 aliphatic heterocycles. The van der Waals surface area contributed by atoms with Crippen molar-refractivity contribution in [2.75, 3.05) is 28.4 Å². The summed E-state index contributed by atoms with van der Waals surface area (Å²) in [5.74, 6) is 2.42. The van der Waals surface area contributed by atoms with Crippen molar-refractivity contribution in [3.05, 3.63) is 65.7 Å². The van der Waals surface area contributed by atoms with Gasteiger partial charge in [-0.2, -0.15) is 0 Å². The van der Waals surface area contributed by atoms with E-state index in [4.69, 9.17) is 18.9 Å². The topological polar surface area (TPSA) is 54.0 Å². The van der Waals surface area contributed by atoms with Crippen LogP contribution in [0.1, 0.15) is 15.9 Å². The molecule has 3 aromatic carbocycles. The highest BCUT2D eigenvalue weighted by Crippen LogP contribution is 2.35. The molecule has 0 heterocycles. The molecule has 0 fully saturated rings. The van der Waals surface area contributed by atoms with Crippen LogP contribution in [0.5, 0.6) is 23.0 Å². The highest BCUT2D eigenvalue weighted by molar-refractivity contribution is 6.09. The average molecular weight is 378 g/mol. The summed E-state index contributed by atoms with van der Waals surface area (Å²) in [7, 11) is 6.35. The molecule has 0 atom stereocenters. The van der Waals surface area contributed by atoms with Crippen LogP contribution in [-0.2, 0) is 0 Å². The summed E-state index contributed by atoms with van der Waals surface area (Å²) in [6, 6.07) is 14.6. The molecule has 0 radical (unpaired) electrons. The molecule has 0 N–H and O–H groups in total. The van der Waals surface area contributed by atoms with Crippen LogP contribution in [0.3, 0.4) is 0 Å². The maximum atomic E-state index is 12.7. The summed E-state index contributed by atoms with van der Waals surface area (Å²) in [6.45, 7) is 0. The van der Waals surface area contributed by atoms with Gasteiger partial charge >= 0.3 is 0 Å². The van der Waals surface area contributed by atoms with Gasteiger partial charge in [0.2, 0.25) is 0 Å². The van der Waals surface area contributed by atoms with Crippen molar-refractivity contribution in [1.29, 1.82) is 0 Å². The van der Waals surface area contributed by atoms with Crippen LogP contribution in [0.25, 0.3) is 16.8 Å². The van der Waals surface area contributed by atoms with Gasteiger partial charge < -0.3 is 18.9 Å². The van der Waals surface area contributed by atoms with Crippen molar-refractivity contribution in [3.63, 3.8) is 0 Å². The fourth-order valence-corrected chi connectivity index (χ4v) is 3.11. The number of carbonyl (C=O) groups excluding carboxylic acids is 1. The van der Waals surface area contributed by atoms with Crippen LogP contribution in [0.2, 0.25) is 0 Å². The van der Waals surface area contributed by atoms with Gasteiger partial charge in [0.1, 0.15) is 11.5 Å². The molecule has 144 valence electrons. The van der Waals surface area contributed by atoms with Crippen molar-refractivity contribution >= 4 is 22.6 Å². The van der Waals surface area contributed by atoms with Gasteiger partial charge in [-0.25, -0.2) is 0 Å². The highest BCUT2D eigenvalue weighted by atomic mass is 16.5. The quantitative estimate of drug-likeness (QED) is 0.438. The summed E-state index contributed by atoms with van der Waals surface area (Å²) in [5, 5.41) is 1.81. The van der Waals surface area contributed by atoms with Gasteiger partial charge in [-0.3, -0.25) is 4.79 Å². The summed E-state index contributed by atoms with van der Waals surface area (Å²) < 4.78 is 21.4. The van der Waals surface area contributed by atoms with Crippen LogP contribution in [0.15, 0.2) is 54.6 Å². The molecule has 5 heteroatoms. The molecule has 0 aliphatic carbocycles. The Morgan fingerprint density at radius 3 is 2.11 bits per heavy atom. The van der Waals surface area contributed by atoms with Crippen molar-refractivity contribution in [2.45, 2.75) is 0 Å².